The van der Waals surface area contributed by atoms with Crippen LogP contribution in [0.25, 0.3) is 0 Å². The van der Waals surface area contributed by atoms with E-state index in [-0.39, 0.29) is 11.4 Å². The third kappa shape index (κ3) is 4.26. The number of ether oxygens (including phenoxy) is 1. The average Bonchev–Trinajstić information content (AvgIpc) is 3.10. The van der Waals surface area contributed by atoms with Crippen LogP contribution in [0.4, 0.5) is 5.82 Å². The van der Waals surface area contributed by atoms with E-state index in [1.807, 2.05) is 19.1 Å². The minimum absolute atomic E-state index is 0.0318. The van der Waals surface area contributed by atoms with Crippen molar-refractivity contribution >= 4 is 17.5 Å². The Hall–Kier alpha value is -4.07. The van der Waals surface area contributed by atoms with Crippen LogP contribution in [0.1, 0.15) is 59.9 Å². The van der Waals surface area contributed by atoms with Crippen LogP contribution in [0.3, 0.4) is 0 Å². The van der Waals surface area contributed by atoms with Crippen molar-refractivity contribution in [2.45, 2.75) is 39.7 Å². The molecule has 0 saturated carbocycles. The molecule has 1 N–H and O–H groups in total. The number of nitrogens with zero attached hydrogens (tertiary/aromatic N) is 4. The minimum Gasteiger partial charge on any atom is -0.503 e. The van der Waals surface area contributed by atoms with E-state index in [1.54, 1.807) is 43.3 Å². The Morgan fingerprint density at radius 3 is 2.38 bits per heavy atom. The molecule has 1 aliphatic heterocycles. The van der Waals surface area contributed by atoms with Gasteiger partial charge in [0.1, 0.15) is 0 Å². The number of hydrogen-bond acceptors (Lipinski definition) is 7. The highest BCUT2D eigenvalue weighted by Crippen LogP contribution is 2.41. The van der Waals surface area contributed by atoms with E-state index in [1.165, 1.54) is 11.1 Å². The first-order chi connectivity index (χ1) is 16.3. The molecule has 1 aromatic carbocycles. The maximum atomic E-state index is 13.6. The smallest absolute Gasteiger partial charge is 0.295 e. The molecule has 1 amide bonds. The number of aliphatic hydroxyl groups excluding tert-OH is 1. The van der Waals surface area contributed by atoms with Crippen molar-refractivity contribution in [1.82, 2.24) is 15.2 Å². The Balaban J connectivity index is 1.81. The van der Waals surface area contributed by atoms with E-state index < -0.39 is 23.5 Å². The Bertz CT molecular complexity index is 1230. The van der Waals surface area contributed by atoms with Crippen molar-refractivity contribution in [3.63, 3.8) is 0 Å². The number of carbonyl (C=O) groups is 2. The van der Waals surface area contributed by atoms with Gasteiger partial charge in [0.25, 0.3) is 5.91 Å². The first-order valence-electron chi connectivity index (χ1n) is 11.1. The van der Waals surface area contributed by atoms with Gasteiger partial charge in [0, 0.05) is 17.8 Å². The lowest BCUT2D eigenvalue weighted by Crippen LogP contribution is -2.32. The molecule has 0 aliphatic carbocycles. The molecule has 1 aliphatic rings. The zero-order chi connectivity index (χ0) is 24.4. The van der Waals surface area contributed by atoms with Crippen LogP contribution >= 0.6 is 0 Å². The van der Waals surface area contributed by atoms with E-state index in [0.29, 0.717) is 35.2 Å². The fraction of sp³-hybridized carbons (Fsp3) is 0.269. The molecule has 174 valence electrons. The van der Waals surface area contributed by atoms with Crippen molar-refractivity contribution in [3.8, 4) is 5.88 Å². The van der Waals surface area contributed by atoms with Crippen LogP contribution in [0.2, 0.25) is 0 Å². The van der Waals surface area contributed by atoms with Crippen LogP contribution in [-0.2, 0) is 4.79 Å². The predicted octanol–water partition coefficient (Wildman–Crippen LogP) is 4.49. The number of hydrogen-bond donors (Lipinski definition) is 1. The third-order valence-corrected chi connectivity index (χ3v) is 5.69. The normalized spacial score (nSPS) is 15.9. The molecule has 8 heteroatoms. The van der Waals surface area contributed by atoms with Gasteiger partial charge in [0.2, 0.25) is 5.88 Å². The first kappa shape index (κ1) is 23.1. The number of amides is 1. The molecular weight excluding hydrogens is 432 g/mol. The van der Waals surface area contributed by atoms with E-state index in [4.69, 9.17) is 4.74 Å². The molecule has 3 heterocycles. The number of ketones is 1. The number of carbonyl (C=O) groups excluding carboxylic acids is 2. The summed E-state index contributed by atoms with van der Waals surface area (Å²) in [7, 11) is 0. The molecular formula is C26H26N4O4. The standard InChI is InChI=1S/C26H26N4O4/c1-5-34-21-13-11-19(14-27-21)23-22(24(31)18-9-7-17(8-10-18)15(2)3)25(32)26(33)30(23)20-12-6-16(4)28-29-20/h6-15,23,32H,5H2,1-4H3/t23-/m1/s1. The second-order valence-corrected chi connectivity index (χ2v) is 8.34. The summed E-state index contributed by atoms with van der Waals surface area (Å²) in [5, 5.41) is 19.0. The summed E-state index contributed by atoms with van der Waals surface area (Å²) in [5.74, 6) is -0.828. The predicted molar refractivity (Wildman–Crippen MR) is 127 cm³/mol. The lowest BCUT2D eigenvalue weighted by atomic mass is 9.92. The molecule has 4 rings (SSSR count). The fourth-order valence-corrected chi connectivity index (χ4v) is 3.87. The second-order valence-electron chi connectivity index (χ2n) is 8.34. The Labute approximate surface area is 197 Å². The number of benzene rings is 1. The number of rotatable bonds is 7. The number of aliphatic hydroxyl groups is 1. The molecule has 0 unspecified atom stereocenters. The average molecular weight is 459 g/mol. The molecule has 2 aromatic heterocycles. The lowest BCUT2D eigenvalue weighted by molar-refractivity contribution is -0.117. The van der Waals surface area contributed by atoms with E-state index in [2.05, 4.69) is 29.0 Å². The molecule has 0 spiro atoms. The topological polar surface area (TPSA) is 106 Å². The van der Waals surface area contributed by atoms with Crippen molar-refractivity contribution < 1.29 is 19.4 Å². The quantitative estimate of drug-likeness (QED) is 0.520. The molecule has 0 radical (unpaired) electrons. The molecule has 0 fully saturated rings. The molecule has 1 atom stereocenters. The molecule has 3 aromatic rings. The van der Waals surface area contributed by atoms with E-state index in [9.17, 15) is 14.7 Å². The van der Waals surface area contributed by atoms with Crippen LogP contribution in [0.5, 0.6) is 5.88 Å². The van der Waals surface area contributed by atoms with E-state index >= 15 is 0 Å². The van der Waals surface area contributed by atoms with Crippen molar-refractivity contribution in [1.29, 1.82) is 0 Å². The molecule has 8 nitrogen and oxygen atoms in total. The summed E-state index contributed by atoms with van der Waals surface area (Å²) in [6.45, 7) is 8.22. The zero-order valence-corrected chi connectivity index (χ0v) is 19.5. The number of Topliss-reactive ketones (excluding diaryl/α,β-unsaturated/α-hetero) is 1. The zero-order valence-electron chi connectivity index (χ0n) is 19.5. The van der Waals surface area contributed by atoms with Crippen molar-refractivity contribution in [3.05, 3.63) is 88.4 Å². The maximum absolute atomic E-state index is 13.6. The highest BCUT2D eigenvalue weighted by molar-refractivity contribution is 6.20. The highest BCUT2D eigenvalue weighted by Gasteiger charge is 2.45. The fourth-order valence-electron chi connectivity index (χ4n) is 3.87. The summed E-state index contributed by atoms with van der Waals surface area (Å²) in [4.78, 5) is 32.3. The number of pyridine rings is 1. The summed E-state index contributed by atoms with van der Waals surface area (Å²) in [6, 6.07) is 13.0. The number of aromatic nitrogens is 3. The van der Waals surface area contributed by atoms with Gasteiger partial charge in [0.05, 0.1) is 23.9 Å². The summed E-state index contributed by atoms with van der Waals surface area (Å²) in [5.41, 5.74) is 2.63. The van der Waals surface area contributed by atoms with Crippen molar-refractivity contribution in [2.75, 3.05) is 11.5 Å². The van der Waals surface area contributed by atoms with Gasteiger partial charge < -0.3 is 9.84 Å². The number of aryl methyl sites for hydroxylation is 1. The second kappa shape index (κ2) is 9.43. The van der Waals surface area contributed by atoms with Crippen LogP contribution in [0.15, 0.2) is 66.1 Å². The van der Waals surface area contributed by atoms with Gasteiger partial charge in [-0.15, -0.1) is 5.10 Å². The summed E-state index contributed by atoms with van der Waals surface area (Å²) >= 11 is 0. The molecule has 34 heavy (non-hydrogen) atoms. The Morgan fingerprint density at radius 1 is 1.09 bits per heavy atom. The van der Waals surface area contributed by atoms with Gasteiger partial charge >= 0.3 is 0 Å². The van der Waals surface area contributed by atoms with Gasteiger partial charge in [-0.25, -0.2) is 4.98 Å². The maximum Gasteiger partial charge on any atom is 0.295 e. The number of anilines is 1. The van der Waals surface area contributed by atoms with Crippen LogP contribution in [0, 0.1) is 6.92 Å². The Morgan fingerprint density at radius 2 is 1.82 bits per heavy atom. The van der Waals surface area contributed by atoms with E-state index in [0.717, 1.165) is 5.56 Å². The van der Waals surface area contributed by atoms with Gasteiger partial charge in [-0.3, -0.25) is 14.5 Å². The van der Waals surface area contributed by atoms with Gasteiger partial charge in [-0.2, -0.15) is 5.10 Å². The third-order valence-electron chi connectivity index (χ3n) is 5.69. The summed E-state index contributed by atoms with van der Waals surface area (Å²) in [6.07, 6.45) is 1.53. The lowest BCUT2D eigenvalue weighted by Gasteiger charge is -2.25. The molecule has 0 bridgehead atoms. The van der Waals surface area contributed by atoms with Crippen molar-refractivity contribution in [2.24, 2.45) is 0 Å². The SMILES string of the molecule is CCOc1ccc([C@@H]2C(C(=O)c3ccc(C(C)C)cc3)=C(O)C(=O)N2c2ccc(C)nn2)cn1. The monoisotopic (exact) mass is 458 g/mol. The minimum atomic E-state index is -0.926. The van der Waals surface area contributed by atoms with Gasteiger partial charge in [-0.1, -0.05) is 38.1 Å². The van der Waals surface area contributed by atoms with Gasteiger partial charge in [0.15, 0.2) is 17.4 Å². The van der Waals surface area contributed by atoms with Gasteiger partial charge in [-0.05, 0) is 49.1 Å². The summed E-state index contributed by atoms with van der Waals surface area (Å²) < 4.78 is 5.42. The van der Waals surface area contributed by atoms with Crippen LogP contribution in [-0.4, -0.2) is 38.6 Å². The Kier molecular flexibility index (Phi) is 6.40. The largest absolute Gasteiger partial charge is 0.503 e. The first-order valence-corrected chi connectivity index (χ1v) is 11.1. The van der Waals surface area contributed by atoms with Crippen LogP contribution < -0.4 is 9.64 Å². The highest BCUT2D eigenvalue weighted by atomic mass is 16.5. The molecule has 0 saturated heterocycles.